The molecule has 0 N–H and O–H groups in total. The third-order valence-corrected chi connectivity index (χ3v) is 5.83. The van der Waals surface area contributed by atoms with Crippen LogP contribution in [0, 0.1) is 5.82 Å². The highest BCUT2D eigenvalue weighted by atomic mass is 32.2. The van der Waals surface area contributed by atoms with Crippen molar-refractivity contribution < 1.29 is 9.13 Å². The number of thioether (sulfide) groups is 1. The van der Waals surface area contributed by atoms with Gasteiger partial charge < -0.3 is 4.74 Å². The van der Waals surface area contributed by atoms with Crippen LogP contribution in [0.25, 0.3) is 10.9 Å². The highest BCUT2D eigenvalue weighted by Gasteiger charge is 2.19. The molecule has 138 valence electrons. The Balaban J connectivity index is 1.61. The van der Waals surface area contributed by atoms with Crippen LogP contribution < -0.4 is 4.74 Å². The van der Waals surface area contributed by atoms with Gasteiger partial charge in [0.15, 0.2) is 0 Å². The Hall–Kier alpha value is -2.40. The first-order valence-electron chi connectivity index (χ1n) is 9.24. The molecule has 0 bridgehead atoms. The molecule has 1 aromatic heterocycles. The van der Waals surface area contributed by atoms with E-state index in [1.807, 2.05) is 31.2 Å². The van der Waals surface area contributed by atoms with Crippen molar-refractivity contribution in [2.75, 3.05) is 5.75 Å². The van der Waals surface area contributed by atoms with E-state index in [2.05, 4.69) is 13.0 Å². The molecule has 5 heteroatoms. The summed E-state index contributed by atoms with van der Waals surface area (Å²) in [6.45, 7) is 4.15. The Morgan fingerprint density at radius 3 is 2.78 bits per heavy atom. The largest absolute Gasteiger partial charge is 0.457 e. The van der Waals surface area contributed by atoms with Crippen LogP contribution in [0.3, 0.4) is 0 Å². The normalized spacial score (nSPS) is 16.6. The fourth-order valence-electron chi connectivity index (χ4n) is 3.10. The molecule has 1 aliphatic heterocycles. The molecule has 0 spiro atoms. The molecule has 0 amide bonds. The van der Waals surface area contributed by atoms with E-state index in [4.69, 9.17) is 14.7 Å². The molecular formula is C22H21FN2OS. The summed E-state index contributed by atoms with van der Waals surface area (Å²) >= 11 is 1.78. The Morgan fingerprint density at radius 1 is 1.11 bits per heavy atom. The highest BCUT2D eigenvalue weighted by Crippen LogP contribution is 2.30. The van der Waals surface area contributed by atoms with Crippen molar-refractivity contribution in [3.63, 3.8) is 0 Å². The minimum absolute atomic E-state index is 0.243. The molecule has 0 unspecified atom stereocenters. The molecule has 1 aliphatic rings. The second-order valence-corrected chi connectivity index (χ2v) is 7.57. The first kappa shape index (κ1) is 18.0. The molecule has 4 rings (SSSR count). The summed E-state index contributed by atoms with van der Waals surface area (Å²) in [5, 5.41) is 2.04. The molecule has 1 atom stereocenters. The number of aryl methyl sites for hydroxylation is 1. The predicted octanol–water partition coefficient (Wildman–Crippen LogP) is 6.00. The van der Waals surface area contributed by atoms with Crippen molar-refractivity contribution in [1.29, 1.82) is 0 Å². The fourth-order valence-corrected chi connectivity index (χ4v) is 4.25. The van der Waals surface area contributed by atoms with Crippen molar-refractivity contribution in [3.8, 4) is 11.5 Å². The van der Waals surface area contributed by atoms with Crippen LogP contribution in [0.15, 0.2) is 53.5 Å². The molecule has 27 heavy (non-hydrogen) atoms. The molecule has 0 saturated heterocycles. The topological polar surface area (TPSA) is 34.5 Å². The van der Waals surface area contributed by atoms with Crippen LogP contribution in [0.4, 0.5) is 4.39 Å². The van der Waals surface area contributed by atoms with Crippen molar-refractivity contribution in [2.24, 2.45) is 4.99 Å². The quantitative estimate of drug-likeness (QED) is 0.544. The van der Waals surface area contributed by atoms with Crippen molar-refractivity contribution >= 4 is 27.7 Å². The lowest BCUT2D eigenvalue weighted by molar-refractivity contribution is 0.475. The first-order chi connectivity index (χ1) is 13.2. The molecule has 0 fully saturated rings. The second kappa shape index (κ2) is 7.69. The van der Waals surface area contributed by atoms with Crippen LogP contribution in [0.1, 0.15) is 31.5 Å². The number of aliphatic imine (C=N–C) groups is 1. The van der Waals surface area contributed by atoms with Gasteiger partial charge in [-0.05, 0) is 60.9 Å². The van der Waals surface area contributed by atoms with E-state index in [1.54, 1.807) is 17.8 Å². The van der Waals surface area contributed by atoms with Gasteiger partial charge in [0.25, 0.3) is 0 Å². The van der Waals surface area contributed by atoms with Crippen molar-refractivity contribution in [3.05, 3.63) is 65.6 Å². The second-order valence-electron chi connectivity index (χ2n) is 6.57. The Labute approximate surface area is 162 Å². The number of rotatable bonds is 5. The number of pyridine rings is 1. The number of ether oxygens (including phenoxy) is 1. The zero-order chi connectivity index (χ0) is 18.8. The number of fused-ring (bicyclic) bond motifs is 1. The van der Waals surface area contributed by atoms with Crippen LogP contribution in [-0.4, -0.2) is 21.8 Å². The molecule has 0 radical (unpaired) electrons. The van der Waals surface area contributed by atoms with E-state index in [-0.39, 0.29) is 5.82 Å². The maximum Gasteiger partial charge on any atom is 0.130 e. The highest BCUT2D eigenvalue weighted by molar-refractivity contribution is 8.14. The number of nitrogens with zero attached hydrogens (tertiary/aromatic N) is 2. The minimum atomic E-state index is -0.243. The van der Waals surface area contributed by atoms with E-state index in [0.717, 1.165) is 45.1 Å². The maximum absolute atomic E-state index is 13.4. The summed E-state index contributed by atoms with van der Waals surface area (Å²) in [5.41, 5.74) is 2.70. The van der Waals surface area contributed by atoms with Gasteiger partial charge in [0.05, 0.1) is 17.3 Å². The third kappa shape index (κ3) is 3.83. The molecule has 0 saturated carbocycles. The van der Waals surface area contributed by atoms with Crippen molar-refractivity contribution in [2.45, 2.75) is 32.7 Å². The van der Waals surface area contributed by atoms with Crippen LogP contribution in [0.5, 0.6) is 11.5 Å². The Bertz CT molecular complexity index is 1020. The summed E-state index contributed by atoms with van der Waals surface area (Å²) in [6, 6.07) is 14.9. The zero-order valence-electron chi connectivity index (χ0n) is 15.4. The fraction of sp³-hybridized carbons (Fsp3) is 0.273. The molecule has 2 aromatic carbocycles. The summed E-state index contributed by atoms with van der Waals surface area (Å²) in [5.74, 6) is 2.20. The molecule has 3 aromatic rings. The molecular weight excluding hydrogens is 359 g/mol. The van der Waals surface area contributed by atoms with E-state index in [9.17, 15) is 4.39 Å². The monoisotopic (exact) mass is 380 g/mol. The lowest BCUT2D eigenvalue weighted by Gasteiger charge is -2.11. The number of aromatic nitrogens is 1. The zero-order valence-corrected chi connectivity index (χ0v) is 16.2. The number of hydrogen-bond acceptors (Lipinski definition) is 4. The van der Waals surface area contributed by atoms with E-state index in [1.165, 1.54) is 12.1 Å². The van der Waals surface area contributed by atoms with Gasteiger partial charge in [-0.25, -0.2) is 9.37 Å². The van der Waals surface area contributed by atoms with Gasteiger partial charge in [-0.1, -0.05) is 19.9 Å². The van der Waals surface area contributed by atoms with Crippen LogP contribution in [0.2, 0.25) is 0 Å². The minimum Gasteiger partial charge on any atom is -0.457 e. The first-order valence-corrected chi connectivity index (χ1v) is 10.2. The Morgan fingerprint density at radius 2 is 2.00 bits per heavy atom. The van der Waals surface area contributed by atoms with Gasteiger partial charge in [-0.15, -0.1) is 11.8 Å². The average molecular weight is 380 g/mol. The van der Waals surface area contributed by atoms with Gasteiger partial charge >= 0.3 is 0 Å². The Kier molecular flexibility index (Phi) is 5.12. The van der Waals surface area contributed by atoms with Gasteiger partial charge in [0.2, 0.25) is 0 Å². The maximum atomic E-state index is 13.4. The van der Waals surface area contributed by atoms with E-state index >= 15 is 0 Å². The van der Waals surface area contributed by atoms with Crippen LogP contribution in [-0.2, 0) is 6.42 Å². The standard InChI is InChI=1S/C22H21FN2OS/c1-3-14-11-16(23)6-10-21(14)26-18-7-9-19-15(12-18)5-8-20(25-19)22-24-17(4-2)13-27-22/h5-12,17H,3-4,13H2,1-2H3/t17-/m0/s1. The van der Waals surface area contributed by atoms with Crippen LogP contribution >= 0.6 is 11.8 Å². The number of benzene rings is 2. The summed E-state index contributed by atoms with van der Waals surface area (Å²) in [6.07, 6.45) is 1.78. The molecule has 3 nitrogen and oxygen atoms in total. The lowest BCUT2D eigenvalue weighted by atomic mass is 10.1. The van der Waals surface area contributed by atoms with Gasteiger partial charge in [0.1, 0.15) is 22.4 Å². The summed E-state index contributed by atoms with van der Waals surface area (Å²) in [7, 11) is 0. The SMILES string of the molecule is CCc1cc(F)ccc1Oc1ccc2nc(C3=N[C@@H](CC)CS3)ccc2c1. The molecule has 2 heterocycles. The molecule has 0 aliphatic carbocycles. The summed E-state index contributed by atoms with van der Waals surface area (Å²) < 4.78 is 19.4. The van der Waals surface area contributed by atoms with E-state index in [0.29, 0.717) is 18.2 Å². The number of halogens is 1. The smallest absolute Gasteiger partial charge is 0.130 e. The van der Waals surface area contributed by atoms with Gasteiger partial charge in [-0.2, -0.15) is 0 Å². The number of hydrogen-bond donors (Lipinski definition) is 0. The van der Waals surface area contributed by atoms with Gasteiger partial charge in [-0.3, -0.25) is 4.99 Å². The average Bonchev–Trinajstić information content (AvgIpc) is 3.18. The van der Waals surface area contributed by atoms with Gasteiger partial charge in [0, 0.05) is 11.1 Å². The van der Waals surface area contributed by atoms with Crippen molar-refractivity contribution in [1.82, 2.24) is 4.98 Å². The summed E-state index contributed by atoms with van der Waals surface area (Å²) in [4.78, 5) is 9.51. The lowest BCUT2D eigenvalue weighted by Crippen LogP contribution is -1.99. The predicted molar refractivity (Wildman–Crippen MR) is 111 cm³/mol. The third-order valence-electron chi connectivity index (χ3n) is 4.69. The van der Waals surface area contributed by atoms with E-state index < -0.39 is 0 Å².